The maximum Gasteiger partial charge on any atom is 0.264 e. The number of hydrogen-bond acceptors (Lipinski definition) is 6. The molecular weight excluding hydrogens is 314 g/mol. The number of halogens is 1. The Balaban J connectivity index is 2.36. The molecule has 1 N–H and O–H groups in total. The molecule has 104 valence electrons. The Bertz CT molecular complexity index is 866. The van der Waals surface area contributed by atoms with Gasteiger partial charge >= 0.3 is 0 Å². The average Bonchev–Trinajstić information content (AvgIpc) is 2.47. The van der Waals surface area contributed by atoms with Gasteiger partial charge < -0.3 is 0 Å². The topological polar surface area (TPSA) is 120 Å². The van der Waals surface area contributed by atoms with Crippen molar-refractivity contribution in [3.8, 4) is 12.1 Å². The molecule has 0 aliphatic rings. The first-order valence-corrected chi connectivity index (χ1v) is 7.27. The number of anilines is 1. The van der Waals surface area contributed by atoms with E-state index in [2.05, 4.69) is 14.7 Å². The van der Waals surface area contributed by atoms with Crippen molar-refractivity contribution in [1.29, 1.82) is 10.5 Å². The minimum absolute atomic E-state index is 0.0703. The molecule has 21 heavy (non-hydrogen) atoms. The Hall–Kier alpha value is -2.68. The lowest BCUT2D eigenvalue weighted by Crippen LogP contribution is -2.13. The zero-order valence-corrected chi connectivity index (χ0v) is 11.9. The lowest BCUT2D eigenvalue weighted by atomic mass is 10.1. The second-order valence-electron chi connectivity index (χ2n) is 3.78. The molecule has 2 rings (SSSR count). The molecule has 1 aromatic carbocycles. The molecule has 0 aliphatic heterocycles. The number of benzene rings is 1. The third-order valence-electron chi connectivity index (χ3n) is 2.42. The Labute approximate surface area is 125 Å². The molecule has 0 atom stereocenters. The van der Waals surface area contributed by atoms with Gasteiger partial charge in [-0.2, -0.15) is 10.5 Å². The Kier molecular flexibility index (Phi) is 4.03. The van der Waals surface area contributed by atoms with Gasteiger partial charge in [-0.1, -0.05) is 0 Å². The van der Waals surface area contributed by atoms with Crippen LogP contribution in [0.2, 0.25) is 5.28 Å². The molecule has 0 saturated heterocycles. The summed E-state index contributed by atoms with van der Waals surface area (Å²) in [6.45, 7) is 0. The number of nitriles is 2. The number of nitrogens with zero attached hydrogens (tertiary/aromatic N) is 4. The molecule has 0 bridgehead atoms. The van der Waals surface area contributed by atoms with Crippen LogP contribution in [0.1, 0.15) is 11.1 Å². The molecule has 7 nitrogen and oxygen atoms in total. The van der Waals surface area contributed by atoms with E-state index in [0.717, 1.165) is 12.4 Å². The molecule has 0 spiro atoms. The zero-order chi connectivity index (χ0) is 15.5. The Morgan fingerprint density at radius 2 is 1.71 bits per heavy atom. The van der Waals surface area contributed by atoms with E-state index < -0.39 is 10.0 Å². The van der Waals surface area contributed by atoms with Crippen LogP contribution in [0, 0.1) is 22.7 Å². The van der Waals surface area contributed by atoms with Gasteiger partial charge in [-0.25, -0.2) is 18.4 Å². The molecule has 0 amide bonds. The summed E-state index contributed by atoms with van der Waals surface area (Å²) in [5.74, 6) is 0. The van der Waals surface area contributed by atoms with Gasteiger partial charge in [0.15, 0.2) is 0 Å². The highest BCUT2D eigenvalue weighted by Gasteiger charge is 2.16. The minimum Gasteiger partial charge on any atom is -0.279 e. The predicted molar refractivity (Wildman–Crippen MR) is 73.7 cm³/mol. The molecule has 9 heteroatoms. The van der Waals surface area contributed by atoms with Gasteiger partial charge in [0, 0.05) is 0 Å². The van der Waals surface area contributed by atoms with E-state index in [1.54, 1.807) is 0 Å². The van der Waals surface area contributed by atoms with E-state index in [1.807, 2.05) is 12.1 Å². The summed E-state index contributed by atoms with van der Waals surface area (Å²) >= 11 is 5.49. The van der Waals surface area contributed by atoms with Gasteiger partial charge in [0.05, 0.1) is 29.2 Å². The zero-order valence-electron chi connectivity index (χ0n) is 10.3. The van der Waals surface area contributed by atoms with Crippen LogP contribution >= 0.6 is 11.6 Å². The number of aromatic nitrogens is 2. The summed E-state index contributed by atoms with van der Waals surface area (Å²) in [6.07, 6.45) is 2.12. The van der Waals surface area contributed by atoms with Gasteiger partial charge in [-0.15, -0.1) is 0 Å². The van der Waals surface area contributed by atoms with Crippen molar-refractivity contribution in [1.82, 2.24) is 9.97 Å². The first-order valence-electron chi connectivity index (χ1n) is 5.41. The summed E-state index contributed by atoms with van der Waals surface area (Å²) in [6, 6.07) is 7.67. The molecule has 0 aliphatic carbocycles. The SMILES string of the molecule is N#Cc1ccc(NS(=O)(=O)c2cnc(Cl)nc2)cc1C#N. The Morgan fingerprint density at radius 1 is 1.10 bits per heavy atom. The molecule has 0 fully saturated rings. The fraction of sp³-hybridized carbons (Fsp3) is 0. The van der Waals surface area contributed by atoms with Crippen molar-refractivity contribution in [2.45, 2.75) is 4.90 Å². The first-order chi connectivity index (χ1) is 9.96. The normalized spacial score (nSPS) is 10.4. The van der Waals surface area contributed by atoms with Gasteiger partial charge in [0.1, 0.15) is 17.0 Å². The standard InChI is InChI=1S/C12H6ClN5O2S/c13-12-16-6-11(7-17-12)21(19,20)18-10-2-1-8(4-14)9(3-10)5-15/h1-3,6-7,18H. The quantitative estimate of drug-likeness (QED) is 0.859. The minimum atomic E-state index is -3.90. The van der Waals surface area contributed by atoms with Gasteiger partial charge in [0.2, 0.25) is 5.28 Å². The number of rotatable bonds is 3. The molecule has 0 radical (unpaired) electrons. The van der Waals surface area contributed by atoms with Crippen molar-refractivity contribution in [3.63, 3.8) is 0 Å². The molecular formula is C12H6ClN5O2S. The van der Waals surface area contributed by atoms with Crippen LogP contribution in [-0.4, -0.2) is 18.4 Å². The average molecular weight is 320 g/mol. The molecule has 0 saturated carbocycles. The highest BCUT2D eigenvalue weighted by atomic mass is 35.5. The smallest absolute Gasteiger partial charge is 0.264 e. The number of sulfonamides is 1. The third kappa shape index (κ3) is 3.26. The van der Waals surface area contributed by atoms with Gasteiger partial charge in [-0.05, 0) is 29.8 Å². The largest absolute Gasteiger partial charge is 0.279 e. The van der Waals surface area contributed by atoms with Crippen LogP contribution in [0.4, 0.5) is 5.69 Å². The van der Waals surface area contributed by atoms with E-state index in [-0.39, 0.29) is 27.0 Å². The van der Waals surface area contributed by atoms with Crippen molar-refractivity contribution < 1.29 is 8.42 Å². The van der Waals surface area contributed by atoms with Crippen LogP contribution in [0.3, 0.4) is 0 Å². The number of nitrogens with one attached hydrogen (secondary N) is 1. The van der Waals surface area contributed by atoms with E-state index in [4.69, 9.17) is 22.1 Å². The van der Waals surface area contributed by atoms with Crippen molar-refractivity contribution in [3.05, 3.63) is 47.0 Å². The maximum absolute atomic E-state index is 12.1. The lowest BCUT2D eigenvalue weighted by molar-refractivity contribution is 0.600. The van der Waals surface area contributed by atoms with Crippen LogP contribution in [-0.2, 0) is 10.0 Å². The van der Waals surface area contributed by atoms with Crippen LogP contribution < -0.4 is 4.72 Å². The maximum atomic E-state index is 12.1. The Morgan fingerprint density at radius 3 is 2.29 bits per heavy atom. The molecule has 2 aromatic rings. The van der Waals surface area contributed by atoms with E-state index in [0.29, 0.717) is 0 Å². The summed E-state index contributed by atoms with van der Waals surface area (Å²) in [7, 11) is -3.90. The van der Waals surface area contributed by atoms with Crippen molar-refractivity contribution >= 4 is 27.3 Å². The van der Waals surface area contributed by atoms with Crippen LogP contribution in [0.5, 0.6) is 0 Å². The third-order valence-corrected chi connectivity index (χ3v) is 3.95. The first kappa shape index (κ1) is 14.7. The van der Waals surface area contributed by atoms with Crippen LogP contribution in [0.25, 0.3) is 0 Å². The summed E-state index contributed by atoms with van der Waals surface area (Å²) in [5.41, 5.74) is 0.390. The fourth-order valence-electron chi connectivity index (χ4n) is 1.45. The summed E-state index contributed by atoms with van der Waals surface area (Å²) in [5, 5.41) is 17.6. The molecule has 1 heterocycles. The predicted octanol–water partition coefficient (Wildman–Crippen LogP) is 1.67. The summed E-state index contributed by atoms with van der Waals surface area (Å²) in [4.78, 5) is 7.00. The van der Waals surface area contributed by atoms with Crippen molar-refractivity contribution in [2.24, 2.45) is 0 Å². The van der Waals surface area contributed by atoms with Crippen molar-refractivity contribution in [2.75, 3.05) is 4.72 Å². The highest BCUT2D eigenvalue weighted by molar-refractivity contribution is 7.92. The molecule has 1 aromatic heterocycles. The summed E-state index contributed by atoms with van der Waals surface area (Å²) < 4.78 is 26.4. The lowest BCUT2D eigenvalue weighted by Gasteiger charge is -2.08. The molecule has 0 unspecified atom stereocenters. The van der Waals surface area contributed by atoms with E-state index in [9.17, 15) is 8.42 Å². The van der Waals surface area contributed by atoms with Crippen LogP contribution in [0.15, 0.2) is 35.5 Å². The van der Waals surface area contributed by atoms with E-state index in [1.165, 1.54) is 18.2 Å². The van der Waals surface area contributed by atoms with Gasteiger partial charge in [0.25, 0.3) is 10.0 Å². The number of hydrogen-bond donors (Lipinski definition) is 1. The second-order valence-corrected chi connectivity index (χ2v) is 5.80. The van der Waals surface area contributed by atoms with Gasteiger partial charge in [-0.3, -0.25) is 4.72 Å². The van der Waals surface area contributed by atoms with E-state index >= 15 is 0 Å². The fourth-order valence-corrected chi connectivity index (χ4v) is 2.49. The second kappa shape index (κ2) is 5.75. The monoisotopic (exact) mass is 319 g/mol. The highest BCUT2D eigenvalue weighted by Crippen LogP contribution is 2.18.